The van der Waals surface area contributed by atoms with Crippen molar-refractivity contribution in [3.63, 3.8) is 0 Å². The van der Waals surface area contributed by atoms with Crippen molar-refractivity contribution in [1.29, 1.82) is 0 Å². The van der Waals surface area contributed by atoms with Gasteiger partial charge in [0.15, 0.2) is 5.82 Å². The highest BCUT2D eigenvalue weighted by Crippen LogP contribution is 2.29. The lowest BCUT2D eigenvalue weighted by molar-refractivity contribution is 0.0527. The molecular formula is C19H24ClN5O2. The first kappa shape index (κ1) is 19.2. The van der Waals surface area contributed by atoms with Gasteiger partial charge in [-0.3, -0.25) is 0 Å². The number of halogens is 1. The predicted octanol–water partition coefficient (Wildman–Crippen LogP) is 3.82. The Morgan fingerprint density at radius 1 is 1.30 bits per heavy atom. The van der Waals surface area contributed by atoms with Gasteiger partial charge in [0.05, 0.1) is 16.9 Å². The molecule has 0 aliphatic rings. The molecule has 0 bridgehead atoms. The fourth-order valence-corrected chi connectivity index (χ4v) is 3.19. The number of nitrogens with one attached hydrogen (secondary N) is 1. The number of carbonyl (C=O) groups excluding carboxylic acids is 1. The number of benzene rings is 1. The van der Waals surface area contributed by atoms with Crippen molar-refractivity contribution >= 4 is 45.4 Å². The van der Waals surface area contributed by atoms with Crippen LogP contribution in [0.5, 0.6) is 0 Å². The van der Waals surface area contributed by atoms with Crippen LogP contribution in [0.1, 0.15) is 33.0 Å². The van der Waals surface area contributed by atoms with Gasteiger partial charge in [0.25, 0.3) is 0 Å². The van der Waals surface area contributed by atoms with Crippen molar-refractivity contribution in [1.82, 2.24) is 19.9 Å². The van der Waals surface area contributed by atoms with Crippen molar-refractivity contribution in [2.75, 3.05) is 12.3 Å². The molecule has 0 radical (unpaired) electrons. The number of pyridine rings is 1. The first-order valence-electron chi connectivity index (χ1n) is 8.86. The number of para-hydroxylation sites is 1. The summed E-state index contributed by atoms with van der Waals surface area (Å²) in [6.45, 7) is 6.62. The van der Waals surface area contributed by atoms with Gasteiger partial charge < -0.3 is 20.4 Å². The van der Waals surface area contributed by atoms with Crippen molar-refractivity contribution in [3.8, 4) is 0 Å². The van der Waals surface area contributed by atoms with Crippen LogP contribution in [0.15, 0.2) is 24.3 Å². The van der Waals surface area contributed by atoms with Gasteiger partial charge >= 0.3 is 6.09 Å². The molecule has 2 heterocycles. The molecule has 0 atom stereocenters. The van der Waals surface area contributed by atoms with Crippen molar-refractivity contribution in [2.45, 2.75) is 45.2 Å². The van der Waals surface area contributed by atoms with Crippen LogP contribution in [-0.4, -0.2) is 32.8 Å². The van der Waals surface area contributed by atoms with E-state index in [1.807, 2.05) is 45.0 Å². The normalized spacial score (nSPS) is 11.9. The van der Waals surface area contributed by atoms with Crippen LogP contribution in [-0.2, 0) is 17.2 Å². The number of nitrogens with two attached hydrogens (primary N) is 1. The monoisotopic (exact) mass is 389 g/mol. The molecule has 1 aromatic carbocycles. The van der Waals surface area contributed by atoms with Crippen LogP contribution >= 0.6 is 11.6 Å². The molecule has 0 saturated carbocycles. The number of imidazole rings is 1. The average Bonchev–Trinajstić information content (AvgIpc) is 2.97. The van der Waals surface area contributed by atoms with E-state index in [1.54, 1.807) is 0 Å². The van der Waals surface area contributed by atoms with Gasteiger partial charge in [-0.05, 0) is 33.3 Å². The van der Waals surface area contributed by atoms with Gasteiger partial charge in [0.2, 0.25) is 0 Å². The number of aryl methyl sites for hydroxylation is 1. The summed E-state index contributed by atoms with van der Waals surface area (Å²) in [5.41, 5.74) is 7.99. The Morgan fingerprint density at radius 2 is 2.04 bits per heavy atom. The molecular weight excluding hydrogens is 366 g/mol. The number of alkyl halides is 1. The van der Waals surface area contributed by atoms with E-state index in [-0.39, 0.29) is 5.88 Å². The molecule has 2 aromatic heterocycles. The Kier molecular flexibility index (Phi) is 5.41. The first-order chi connectivity index (χ1) is 12.8. The van der Waals surface area contributed by atoms with Crippen molar-refractivity contribution in [3.05, 3.63) is 30.1 Å². The SMILES string of the molecule is CC(C)(C)OC(=O)NCCCn1c(CCl)nc2c(N)nc3ccccc3c21. The predicted molar refractivity (Wildman–Crippen MR) is 108 cm³/mol. The Hall–Kier alpha value is -2.54. The fraction of sp³-hybridized carbons (Fsp3) is 0.421. The van der Waals surface area contributed by atoms with E-state index < -0.39 is 11.7 Å². The van der Waals surface area contributed by atoms with Crippen LogP contribution in [0.25, 0.3) is 21.9 Å². The third kappa shape index (κ3) is 4.24. The molecule has 27 heavy (non-hydrogen) atoms. The smallest absolute Gasteiger partial charge is 0.407 e. The molecule has 8 heteroatoms. The molecule has 0 fully saturated rings. The number of fused-ring (bicyclic) bond motifs is 3. The third-order valence-corrected chi connectivity index (χ3v) is 4.27. The van der Waals surface area contributed by atoms with Crippen LogP contribution < -0.4 is 11.1 Å². The molecule has 0 unspecified atom stereocenters. The fourth-order valence-electron chi connectivity index (χ4n) is 2.99. The standard InChI is InChI=1S/C19H24ClN5O2/c1-19(2,3)27-18(26)22-9-6-10-25-14(11-20)24-15-16(25)12-7-4-5-8-13(12)23-17(15)21/h4-5,7-8H,6,9-11H2,1-3H3,(H2,21,23)(H,22,26). The second kappa shape index (κ2) is 7.60. The van der Waals surface area contributed by atoms with Gasteiger partial charge in [0.1, 0.15) is 16.9 Å². The topological polar surface area (TPSA) is 95.1 Å². The van der Waals surface area contributed by atoms with Gasteiger partial charge in [-0.15, -0.1) is 11.6 Å². The van der Waals surface area contributed by atoms with E-state index in [2.05, 4.69) is 19.9 Å². The lowest BCUT2D eigenvalue weighted by Gasteiger charge is -2.19. The summed E-state index contributed by atoms with van der Waals surface area (Å²) in [4.78, 5) is 20.8. The quantitative estimate of drug-likeness (QED) is 0.511. The maximum atomic E-state index is 11.8. The summed E-state index contributed by atoms with van der Waals surface area (Å²) in [6, 6.07) is 7.81. The lowest BCUT2D eigenvalue weighted by atomic mass is 10.2. The van der Waals surface area contributed by atoms with Crippen LogP contribution in [0.3, 0.4) is 0 Å². The van der Waals surface area contributed by atoms with Gasteiger partial charge in [-0.2, -0.15) is 0 Å². The minimum absolute atomic E-state index is 0.266. The van der Waals surface area contributed by atoms with Crippen molar-refractivity contribution < 1.29 is 9.53 Å². The third-order valence-electron chi connectivity index (χ3n) is 4.04. The molecule has 3 N–H and O–H groups in total. The largest absolute Gasteiger partial charge is 0.444 e. The van der Waals surface area contributed by atoms with Gasteiger partial charge in [-0.25, -0.2) is 14.8 Å². The second-order valence-corrected chi connectivity index (χ2v) is 7.57. The van der Waals surface area contributed by atoms with Crippen LogP contribution in [0, 0.1) is 0 Å². The lowest BCUT2D eigenvalue weighted by Crippen LogP contribution is -2.33. The molecule has 3 aromatic rings. The molecule has 0 aliphatic carbocycles. The van der Waals surface area contributed by atoms with E-state index in [0.717, 1.165) is 22.2 Å². The highest BCUT2D eigenvalue weighted by molar-refractivity contribution is 6.17. The number of rotatable bonds is 5. The summed E-state index contributed by atoms with van der Waals surface area (Å²) < 4.78 is 7.30. The number of amides is 1. The summed E-state index contributed by atoms with van der Waals surface area (Å²) in [6.07, 6.45) is 0.278. The molecule has 144 valence electrons. The summed E-state index contributed by atoms with van der Waals surface area (Å²) >= 11 is 6.11. The van der Waals surface area contributed by atoms with E-state index >= 15 is 0 Å². The number of hydrogen-bond donors (Lipinski definition) is 2. The van der Waals surface area contributed by atoms with E-state index in [4.69, 9.17) is 22.1 Å². The Labute approximate surface area is 162 Å². The van der Waals surface area contributed by atoms with E-state index in [9.17, 15) is 4.79 Å². The zero-order chi connectivity index (χ0) is 19.6. The average molecular weight is 390 g/mol. The number of nitrogen functional groups attached to an aromatic ring is 1. The van der Waals surface area contributed by atoms with Gasteiger partial charge in [-0.1, -0.05) is 18.2 Å². The Balaban J connectivity index is 1.83. The Morgan fingerprint density at radius 3 is 2.74 bits per heavy atom. The Bertz CT molecular complexity index is 978. The second-order valence-electron chi connectivity index (χ2n) is 7.31. The molecule has 0 aliphatic heterocycles. The molecule has 1 amide bonds. The summed E-state index contributed by atoms with van der Waals surface area (Å²) in [7, 11) is 0. The maximum absolute atomic E-state index is 11.8. The number of alkyl carbamates (subject to hydrolysis) is 1. The highest BCUT2D eigenvalue weighted by Gasteiger charge is 2.17. The summed E-state index contributed by atoms with van der Waals surface area (Å²) in [5, 5.41) is 3.75. The molecule has 7 nitrogen and oxygen atoms in total. The summed E-state index contributed by atoms with van der Waals surface area (Å²) in [5.74, 6) is 1.39. The van der Waals surface area contributed by atoms with Gasteiger partial charge in [0, 0.05) is 18.5 Å². The number of anilines is 1. The first-order valence-corrected chi connectivity index (χ1v) is 9.40. The van der Waals surface area contributed by atoms with Crippen LogP contribution in [0.4, 0.5) is 10.6 Å². The maximum Gasteiger partial charge on any atom is 0.407 e. The van der Waals surface area contributed by atoms with E-state index in [0.29, 0.717) is 30.8 Å². The zero-order valence-corrected chi connectivity index (χ0v) is 16.5. The molecule has 0 spiro atoms. The van der Waals surface area contributed by atoms with Crippen LogP contribution in [0.2, 0.25) is 0 Å². The molecule has 3 rings (SSSR count). The number of aromatic nitrogens is 3. The number of carbonyl (C=O) groups is 1. The van der Waals surface area contributed by atoms with Crippen molar-refractivity contribution in [2.24, 2.45) is 0 Å². The number of nitrogens with zero attached hydrogens (tertiary/aromatic N) is 3. The number of hydrogen-bond acceptors (Lipinski definition) is 5. The minimum atomic E-state index is -0.514. The highest BCUT2D eigenvalue weighted by atomic mass is 35.5. The zero-order valence-electron chi connectivity index (χ0n) is 15.8. The number of ether oxygens (including phenoxy) is 1. The molecule has 0 saturated heterocycles. The van der Waals surface area contributed by atoms with E-state index in [1.165, 1.54) is 0 Å². The minimum Gasteiger partial charge on any atom is -0.444 e.